The number of halogens is 1. The Morgan fingerprint density at radius 2 is 2.32 bits per heavy atom. The minimum absolute atomic E-state index is 0.0780. The lowest BCUT2D eigenvalue weighted by atomic mass is 10.2. The van der Waals surface area contributed by atoms with E-state index in [0.717, 1.165) is 15.8 Å². The summed E-state index contributed by atoms with van der Waals surface area (Å²) in [5, 5.41) is 13.2. The van der Waals surface area contributed by atoms with Crippen LogP contribution in [-0.2, 0) is 11.2 Å². The highest BCUT2D eigenvalue weighted by Gasteiger charge is 2.10. The van der Waals surface area contributed by atoms with Crippen LogP contribution in [0.2, 0.25) is 5.02 Å². The van der Waals surface area contributed by atoms with Crippen LogP contribution in [0.4, 0.5) is 5.82 Å². The van der Waals surface area contributed by atoms with Crippen molar-refractivity contribution in [2.75, 3.05) is 5.32 Å². The van der Waals surface area contributed by atoms with E-state index in [2.05, 4.69) is 15.5 Å². The van der Waals surface area contributed by atoms with Crippen molar-refractivity contribution in [3.05, 3.63) is 45.6 Å². The molecule has 0 aliphatic carbocycles. The number of aromatic amines is 1. The van der Waals surface area contributed by atoms with Gasteiger partial charge in [-0.25, -0.2) is 0 Å². The second kappa shape index (κ2) is 5.03. The number of carbonyl (C=O) groups excluding carboxylic acids is 1. The Hall–Kier alpha value is -1.85. The molecule has 1 amide bonds. The van der Waals surface area contributed by atoms with E-state index in [-0.39, 0.29) is 5.91 Å². The number of anilines is 1. The van der Waals surface area contributed by atoms with Crippen molar-refractivity contribution in [2.24, 2.45) is 0 Å². The fourth-order valence-electron chi connectivity index (χ4n) is 1.83. The third-order valence-electron chi connectivity index (χ3n) is 2.70. The monoisotopic (exact) mass is 291 g/mol. The second-order valence-corrected chi connectivity index (χ2v) is 5.54. The molecule has 3 rings (SSSR count). The highest BCUT2D eigenvalue weighted by atomic mass is 35.5. The molecule has 19 heavy (non-hydrogen) atoms. The summed E-state index contributed by atoms with van der Waals surface area (Å²) >= 11 is 7.46. The maximum atomic E-state index is 11.9. The Kier molecular flexibility index (Phi) is 3.23. The predicted molar refractivity (Wildman–Crippen MR) is 77.8 cm³/mol. The van der Waals surface area contributed by atoms with Gasteiger partial charge in [-0.15, -0.1) is 11.3 Å². The number of hydrogen-bond acceptors (Lipinski definition) is 3. The molecule has 0 bridgehead atoms. The van der Waals surface area contributed by atoms with Crippen molar-refractivity contribution < 1.29 is 4.79 Å². The fourth-order valence-corrected chi connectivity index (χ4v) is 2.71. The largest absolute Gasteiger partial charge is 0.308 e. The topological polar surface area (TPSA) is 57.8 Å². The Bertz CT molecular complexity index is 721. The van der Waals surface area contributed by atoms with Gasteiger partial charge < -0.3 is 5.32 Å². The number of benzene rings is 1. The molecule has 0 radical (unpaired) electrons. The number of amides is 1. The highest BCUT2D eigenvalue weighted by molar-refractivity contribution is 7.10. The molecule has 6 heteroatoms. The summed E-state index contributed by atoms with van der Waals surface area (Å²) in [4.78, 5) is 12.9. The number of nitrogens with zero attached hydrogens (tertiary/aromatic N) is 1. The van der Waals surface area contributed by atoms with Gasteiger partial charge in [0.1, 0.15) is 0 Å². The van der Waals surface area contributed by atoms with Gasteiger partial charge in [0.15, 0.2) is 5.82 Å². The molecule has 1 aromatic carbocycles. The number of carbonyl (C=O) groups is 1. The third-order valence-corrected chi connectivity index (χ3v) is 3.81. The zero-order valence-electron chi connectivity index (χ0n) is 9.81. The summed E-state index contributed by atoms with van der Waals surface area (Å²) in [7, 11) is 0. The number of fused-ring (bicyclic) bond motifs is 1. The van der Waals surface area contributed by atoms with Crippen molar-refractivity contribution in [1.29, 1.82) is 0 Å². The van der Waals surface area contributed by atoms with E-state index in [1.54, 1.807) is 23.5 Å². The quantitative estimate of drug-likeness (QED) is 0.776. The van der Waals surface area contributed by atoms with E-state index < -0.39 is 0 Å². The SMILES string of the molecule is O=C(Cc1cccs1)Nc1n[nH]c2cc(Cl)ccc12. The molecule has 2 heterocycles. The molecule has 0 aliphatic rings. The number of rotatable bonds is 3. The highest BCUT2D eigenvalue weighted by Crippen LogP contribution is 2.23. The number of nitrogens with one attached hydrogen (secondary N) is 2. The first kappa shape index (κ1) is 12.2. The summed E-state index contributed by atoms with van der Waals surface area (Å²) in [6, 6.07) is 9.25. The third kappa shape index (κ3) is 2.62. The van der Waals surface area contributed by atoms with Crippen LogP contribution in [0.3, 0.4) is 0 Å². The average Bonchev–Trinajstić information content (AvgIpc) is 2.99. The Morgan fingerprint density at radius 1 is 1.42 bits per heavy atom. The number of aromatic nitrogens is 2. The van der Waals surface area contributed by atoms with Crippen molar-refractivity contribution in [3.8, 4) is 0 Å². The van der Waals surface area contributed by atoms with Gasteiger partial charge >= 0.3 is 0 Å². The van der Waals surface area contributed by atoms with Gasteiger partial charge in [-0.2, -0.15) is 5.10 Å². The summed E-state index contributed by atoms with van der Waals surface area (Å²) in [6.45, 7) is 0. The fraction of sp³-hybridized carbons (Fsp3) is 0.0769. The van der Waals surface area contributed by atoms with Crippen molar-refractivity contribution >= 4 is 45.6 Å². The lowest BCUT2D eigenvalue weighted by Gasteiger charge is -2.01. The second-order valence-electron chi connectivity index (χ2n) is 4.07. The first-order chi connectivity index (χ1) is 9.22. The zero-order valence-corrected chi connectivity index (χ0v) is 11.4. The zero-order chi connectivity index (χ0) is 13.2. The number of hydrogen-bond donors (Lipinski definition) is 2. The van der Waals surface area contributed by atoms with Crippen molar-refractivity contribution in [1.82, 2.24) is 10.2 Å². The van der Waals surface area contributed by atoms with Crippen molar-refractivity contribution in [3.63, 3.8) is 0 Å². The number of thiophene rings is 1. The van der Waals surface area contributed by atoms with E-state index in [4.69, 9.17) is 11.6 Å². The molecular formula is C13H10ClN3OS. The van der Waals surface area contributed by atoms with Crippen LogP contribution in [0.15, 0.2) is 35.7 Å². The predicted octanol–water partition coefficient (Wildman–Crippen LogP) is 3.46. The van der Waals surface area contributed by atoms with Crippen LogP contribution < -0.4 is 5.32 Å². The van der Waals surface area contributed by atoms with E-state index in [1.165, 1.54) is 0 Å². The molecule has 3 aromatic rings. The molecule has 2 N–H and O–H groups in total. The summed E-state index contributed by atoms with van der Waals surface area (Å²) in [5.41, 5.74) is 0.805. The molecule has 0 saturated carbocycles. The normalized spacial score (nSPS) is 10.8. The molecule has 0 spiro atoms. The first-order valence-corrected chi connectivity index (χ1v) is 6.94. The van der Waals surface area contributed by atoms with E-state index in [9.17, 15) is 4.79 Å². The smallest absolute Gasteiger partial charge is 0.230 e. The standard InChI is InChI=1S/C13H10ClN3OS/c14-8-3-4-10-11(6-8)16-17-13(10)15-12(18)7-9-2-1-5-19-9/h1-6H,7H2,(H2,15,16,17,18). The minimum atomic E-state index is -0.0780. The molecule has 96 valence electrons. The van der Waals surface area contributed by atoms with Crippen LogP contribution in [0.5, 0.6) is 0 Å². The molecule has 0 atom stereocenters. The molecule has 0 saturated heterocycles. The lowest BCUT2D eigenvalue weighted by molar-refractivity contribution is -0.115. The van der Waals surface area contributed by atoms with Gasteiger partial charge in [0, 0.05) is 15.3 Å². The van der Waals surface area contributed by atoms with Gasteiger partial charge in [-0.3, -0.25) is 9.89 Å². The maximum Gasteiger partial charge on any atom is 0.230 e. The van der Waals surface area contributed by atoms with Crippen LogP contribution in [-0.4, -0.2) is 16.1 Å². The summed E-state index contributed by atoms with van der Waals surface area (Å²) < 4.78 is 0. The molecule has 2 aromatic heterocycles. The van der Waals surface area contributed by atoms with E-state index in [1.807, 2.05) is 23.6 Å². The van der Waals surface area contributed by atoms with E-state index >= 15 is 0 Å². The van der Waals surface area contributed by atoms with Gasteiger partial charge in [0.2, 0.25) is 5.91 Å². The van der Waals surface area contributed by atoms with Gasteiger partial charge in [-0.1, -0.05) is 17.7 Å². The van der Waals surface area contributed by atoms with Crippen LogP contribution in [0.25, 0.3) is 10.9 Å². The van der Waals surface area contributed by atoms with Gasteiger partial charge in [0.25, 0.3) is 0 Å². The molecular weight excluding hydrogens is 282 g/mol. The average molecular weight is 292 g/mol. The summed E-state index contributed by atoms with van der Waals surface area (Å²) in [5.74, 6) is 0.457. The minimum Gasteiger partial charge on any atom is -0.308 e. The first-order valence-electron chi connectivity index (χ1n) is 5.68. The molecule has 0 aliphatic heterocycles. The molecule has 4 nitrogen and oxygen atoms in total. The van der Waals surface area contributed by atoms with Gasteiger partial charge in [-0.05, 0) is 29.6 Å². The summed E-state index contributed by atoms with van der Waals surface area (Å²) in [6.07, 6.45) is 0.361. The Labute approximate surface area is 118 Å². The Morgan fingerprint density at radius 3 is 3.11 bits per heavy atom. The molecule has 0 fully saturated rings. The van der Waals surface area contributed by atoms with Crippen molar-refractivity contribution in [2.45, 2.75) is 6.42 Å². The lowest BCUT2D eigenvalue weighted by Crippen LogP contribution is -2.14. The van der Waals surface area contributed by atoms with Gasteiger partial charge in [0.05, 0.1) is 11.9 Å². The number of H-pyrrole nitrogens is 1. The maximum absolute atomic E-state index is 11.9. The van der Waals surface area contributed by atoms with E-state index in [0.29, 0.717) is 17.3 Å². The Balaban J connectivity index is 1.79. The van der Waals surface area contributed by atoms with Crippen LogP contribution in [0, 0.1) is 0 Å². The molecule has 0 unspecified atom stereocenters. The van der Waals surface area contributed by atoms with Crippen LogP contribution in [0.1, 0.15) is 4.88 Å². The van der Waals surface area contributed by atoms with Crippen LogP contribution >= 0.6 is 22.9 Å².